The van der Waals surface area contributed by atoms with E-state index in [-0.39, 0.29) is 12.3 Å². The molecule has 0 saturated carbocycles. The molecule has 4 heteroatoms. The third-order valence-corrected chi connectivity index (χ3v) is 4.02. The van der Waals surface area contributed by atoms with E-state index in [0.717, 1.165) is 16.3 Å². The predicted octanol–water partition coefficient (Wildman–Crippen LogP) is 4.14. The molecule has 2 aromatic rings. The maximum atomic E-state index is 11.5. The summed E-state index contributed by atoms with van der Waals surface area (Å²) in [5.74, 6) is 0.563. The second-order valence-electron chi connectivity index (χ2n) is 4.66. The smallest absolute Gasteiger partial charge is 0.238 e. The SMILES string of the molecule is Cc1cccc(CSc2ccccc2NC(=O)CC#N)c1. The van der Waals surface area contributed by atoms with Crippen LogP contribution in [0.15, 0.2) is 53.4 Å². The molecule has 1 N–H and O–H groups in total. The number of amides is 1. The van der Waals surface area contributed by atoms with E-state index < -0.39 is 0 Å². The van der Waals surface area contributed by atoms with Crippen molar-refractivity contribution in [2.75, 3.05) is 5.32 Å². The third kappa shape index (κ3) is 4.66. The summed E-state index contributed by atoms with van der Waals surface area (Å²) in [5, 5.41) is 11.3. The molecule has 2 aromatic carbocycles. The van der Waals surface area contributed by atoms with Crippen LogP contribution in [-0.2, 0) is 10.5 Å². The fraction of sp³-hybridized carbons (Fsp3) is 0.176. The number of aryl methyl sites for hydroxylation is 1. The molecule has 0 aliphatic rings. The summed E-state index contributed by atoms with van der Waals surface area (Å²) in [6.07, 6.45) is -0.128. The normalized spacial score (nSPS) is 9.90. The average molecular weight is 296 g/mol. The first-order chi connectivity index (χ1) is 10.2. The number of carbonyl (C=O) groups is 1. The molecule has 0 saturated heterocycles. The number of hydrogen-bond acceptors (Lipinski definition) is 3. The molecular weight excluding hydrogens is 280 g/mol. The van der Waals surface area contributed by atoms with Gasteiger partial charge in [-0.2, -0.15) is 5.26 Å². The van der Waals surface area contributed by atoms with Crippen LogP contribution in [0, 0.1) is 18.3 Å². The van der Waals surface area contributed by atoms with Crippen LogP contribution in [-0.4, -0.2) is 5.91 Å². The Labute approximate surface area is 129 Å². The number of benzene rings is 2. The Bertz CT molecular complexity index is 676. The summed E-state index contributed by atoms with van der Waals surface area (Å²) in [7, 11) is 0. The first-order valence-corrected chi connectivity index (χ1v) is 7.62. The van der Waals surface area contributed by atoms with E-state index in [1.54, 1.807) is 11.8 Å². The van der Waals surface area contributed by atoms with E-state index in [1.807, 2.05) is 36.4 Å². The topological polar surface area (TPSA) is 52.9 Å². The van der Waals surface area contributed by atoms with Crippen molar-refractivity contribution in [3.63, 3.8) is 0 Å². The summed E-state index contributed by atoms with van der Waals surface area (Å²) >= 11 is 1.67. The number of carbonyl (C=O) groups excluding carboxylic acids is 1. The summed E-state index contributed by atoms with van der Waals surface area (Å²) in [6.45, 7) is 2.07. The Morgan fingerprint density at radius 2 is 2.05 bits per heavy atom. The highest BCUT2D eigenvalue weighted by molar-refractivity contribution is 7.98. The zero-order valence-corrected chi connectivity index (χ0v) is 12.6. The monoisotopic (exact) mass is 296 g/mol. The van der Waals surface area contributed by atoms with Gasteiger partial charge >= 0.3 is 0 Å². The number of para-hydroxylation sites is 1. The minimum Gasteiger partial charge on any atom is -0.324 e. The van der Waals surface area contributed by atoms with Crippen molar-refractivity contribution < 1.29 is 4.79 Å². The van der Waals surface area contributed by atoms with Gasteiger partial charge in [0.2, 0.25) is 5.91 Å². The lowest BCUT2D eigenvalue weighted by atomic mass is 10.2. The molecule has 0 fully saturated rings. The van der Waals surface area contributed by atoms with Crippen LogP contribution < -0.4 is 5.32 Å². The minimum atomic E-state index is -0.277. The van der Waals surface area contributed by atoms with Crippen LogP contribution >= 0.6 is 11.8 Å². The minimum absolute atomic E-state index is 0.128. The lowest BCUT2D eigenvalue weighted by molar-refractivity contribution is -0.115. The molecule has 106 valence electrons. The average Bonchev–Trinajstić information content (AvgIpc) is 2.47. The molecular formula is C17H16N2OS. The highest BCUT2D eigenvalue weighted by Gasteiger charge is 2.07. The molecule has 0 radical (unpaired) electrons. The van der Waals surface area contributed by atoms with E-state index in [0.29, 0.717) is 0 Å². The molecule has 0 spiro atoms. The van der Waals surface area contributed by atoms with Gasteiger partial charge in [-0.05, 0) is 24.6 Å². The molecule has 0 bridgehead atoms. The lowest BCUT2D eigenvalue weighted by Gasteiger charge is -2.10. The van der Waals surface area contributed by atoms with E-state index in [1.165, 1.54) is 11.1 Å². The molecule has 0 aliphatic carbocycles. The van der Waals surface area contributed by atoms with Crippen LogP contribution in [0.4, 0.5) is 5.69 Å². The van der Waals surface area contributed by atoms with E-state index in [9.17, 15) is 4.79 Å². The van der Waals surface area contributed by atoms with Gasteiger partial charge in [-0.1, -0.05) is 42.0 Å². The summed E-state index contributed by atoms with van der Waals surface area (Å²) in [6, 6.07) is 17.9. The Morgan fingerprint density at radius 1 is 1.24 bits per heavy atom. The van der Waals surface area contributed by atoms with Crippen molar-refractivity contribution in [2.24, 2.45) is 0 Å². The first-order valence-electron chi connectivity index (χ1n) is 6.63. The lowest BCUT2D eigenvalue weighted by Crippen LogP contribution is -2.10. The Kier molecular flexibility index (Phi) is 5.42. The molecule has 0 aromatic heterocycles. The summed E-state index contributed by atoms with van der Waals surface area (Å²) in [4.78, 5) is 12.5. The van der Waals surface area contributed by atoms with Gasteiger partial charge in [0.25, 0.3) is 0 Å². The highest BCUT2D eigenvalue weighted by atomic mass is 32.2. The third-order valence-electron chi connectivity index (χ3n) is 2.88. The van der Waals surface area contributed by atoms with E-state index in [2.05, 4.69) is 30.4 Å². The second-order valence-corrected chi connectivity index (χ2v) is 5.67. The van der Waals surface area contributed by atoms with Gasteiger partial charge in [0, 0.05) is 10.6 Å². The fourth-order valence-electron chi connectivity index (χ4n) is 1.92. The molecule has 3 nitrogen and oxygen atoms in total. The molecule has 0 atom stereocenters. The van der Waals surface area contributed by atoms with Crippen molar-refractivity contribution in [3.8, 4) is 6.07 Å². The van der Waals surface area contributed by atoms with Gasteiger partial charge in [-0.15, -0.1) is 11.8 Å². The molecule has 0 aliphatic heterocycles. The maximum absolute atomic E-state index is 11.5. The molecule has 0 heterocycles. The Hall–Kier alpha value is -2.25. The molecule has 2 rings (SSSR count). The van der Waals surface area contributed by atoms with E-state index >= 15 is 0 Å². The fourth-order valence-corrected chi connectivity index (χ4v) is 2.88. The van der Waals surface area contributed by atoms with Gasteiger partial charge in [-0.25, -0.2) is 0 Å². The van der Waals surface area contributed by atoms with Crippen molar-refractivity contribution >= 4 is 23.4 Å². The number of thioether (sulfide) groups is 1. The maximum Gasteiger partial charge on any atom is 0.238 e. The van der Waals surface area contributed by atoms with Crippen molar-refractivity contribution in [1.29, 1.82) is 5.26 Å². The summed E-state index contributed by atoms with van der Waals surface area (Å²) in [5.41, 5.74) is 3.25. The zero-order chi connectivity index (χ0) is 15.1. The van der Waals surface area contributed by atoms with Gasteiger partial charge in [-0.3, -0.25) is 4.79 Å². The predicted molar refractivity (Wildman–Crippen MR) is 86.0 cm³/mol. The number of rotatable bonds is 5. The number of nitriles is 1. The van der Waals surface area contributed by atoms with Gasteiger partial charge in [0.1, 0.15) is 6.42 Å². The van der Waals surface area contributed by atoms with Crippen molar-refractivity contribution in [2.45, 2.75) is 24.0 Å². The largest absolute Gasteiger partial charge is 0.324 e. The van der Waals surface area contributed by atoms with Gasteiger partial charge in [0.05, 0.1) is 11.8 Å². The number of nitrogens with one attached hydrogen (secondary N) is 1. The molecule has 1 amide bonds. The number of nitrogens with zero attached hydrogens (tertiary/aromatic N) is 1. The Morgan fingerprint density at radius 3 is 2.81 bits per heavy atom. The van der Waals surface area contributed by atoms with Gasteiger partial charge in [0.15, 0.2) is 0 Å². The van der Waals surface area contributed by atoms with Crippen LogP contribution in [0.1, 0.15) is 17.5 Å². The van der Waals surface area contributed by atoms with Crippen LogP contribution in [0.3, 0.4) is 0 Å². The van der Waals surface area contributed by atoms with Crippen LogP contribution in [0.25, 0.3) is 0 Å². The second kappa shape index (κ2) is 7.51. The summed E-state index contributed by atoms with van der Waals surface area (Å²) < 4.78 is 0. The first kappa shape index (κ1) is 15.1. The van der Waals surface area contributed by atoms with Crippen LogP contribution in [0.2, 0.25) is 0 Å². The number of anilines is 1. The zero-order valence-electron chi connectivity index (χ0n) is 11.8. The molecule has 21 heavy (non-hydrogen) atoms. The van der Waals surface area contributed by atoms with Gasteiger partial charge < -0.3 is 5.32 Å². The highest BCUT2D eigenvalue weighted by Crippen LogP contribution is 2.30. The van der Waals surface area contributed by atoms with Crippen molar-refractivity contribution in [1.82, 2.24) is 0 Å². The molecule has 0 unspecified atom stereocenters. The van der Waals surface area contributed by atoms with E-state index in [4.69, 9.17) is 5.26 Å². The standard InChI is InChI=1S/C17H16N2OS/c1-13-5-4-6-14(11-13)12-21-16-8-3-2-7-15(16)19-17(20)9-10-18/h2-8,11H,9,12H2,1H3,(H,19,20). The van der Waals surface area contributed by atoms with Crippen molar-refractivity contribution in [3.05, 3.63) is 59.7 Å². The quantitative estimate of drug-likeness (QED) is 0.844. The Balaban J connectivity index is 2.06. The van der Waals surface area contributed by atoms with Crippen LogP contribution in [0.5, 0.6) is 0 Å². The number of hydrogen-bond donors (Lipinski definition) is 1.